The maximum atomic E-state index is 10.9. The van der Waals surface area contributed by atoms with Crippen molar-refractivity contribution in [2.75, 3.05) is 6.61 Å². The fourth-order valence-electron chi connectivity index (χ4n) is 1.59. The molecule has 0 aromatic rings. The molecule has 0 amide bonds. The predicted molar refractivity (Wildman–Crippen MR) is 64.9 cm³/mol. The van der Waals surface area contributed by atoms with Crippen LogP contribution in [0.4, 0.5) is 0 Å². The number of aliphatic hydroxyl groups excluding tert-OH is 1. The highest BCUT2D eigenvalue weighted by Gasteiger charge is 1.99. The fraction of sp³-hybridized carbons (Fsp3) is 0.769. The quantitative estimate of drug-likeness (QED) is 0.335. The summed E-state index contributed by atoms with van der Waals surface area (Å²) in [6.45, 7) is 3.64. The van der Waals surface area contributed by atoms with Gasteiger partial charge in [0.15, 0.2) is 0 Å². The van der Waals surface area contributed by atoms with Crippen LogP contribution in [0, 0.1) is 0 Å². The number of esters is 1. The van der Waals surface area contributed by atoms with Crippen molar-refractivity contribution in [1.82, 2.24) is 0 Å². The second kappa shape index (κ2) is 12.2. The zero-order valence-corrected chi connectivity index (χ0v) is 10.1. The fourth-order valence-corrected chi connectivity index (χ4v) is 1.59. The number of rotatable bonds is 11. The highest BCUT2D eigenvalue weighted by molar-refractivity contribution is 5.69. The molecule has 0 saturated carbocycles. The average molecular weight is 228 g/mol. The molecule has 0 spiro atoms. The molecule has 0 aliphatic heterocycles. The number of carbonyl (C=O) groups is 1. The molecule has 0 atom stereocenters. The van der Waals surface area contributed by atoms with Gasteiger partial charge in [0.05, 0.1) is 6.26 Å². The van der Waals surface area contributed by atoms with Crippen LogP contribution in [0.2, 0.25) is 0 Å². The number of carbonyl (C=O) groups excluding carboxylic acids is 1. The zero-order chi connectivity index (χ0) is 12.1. The van der Waals surface area contributed by atoms with Crippen LogP contribution in [-0.2, 0) is 9.53 Å². The van der Waals surface area contributed by atoms with Gasteiger partial charge >= 0.3 is 5.97 Å². The van der Waals surface area contributed by atoms with Crippen LogP contribution in [0.15, 0.2) is 12.8 Å². The molecule has 3 heteroatoms. The van der Waals surface area contributed by atoms with E-state index in [1.165, 1.54) is 31.9 Å². The average Bonchev–Trinajstić information content (AvgIpc) is 2.27. The summed E-state index contributed by atoms with van der Waals surface area (Å²) in [6.07, 6.45) is 10.6. The molecular formula is C13H24O3. The first-order valence-corrected chi connectivity index (χ1v) is 6.22. The highest BCUT2D eigenvalue weighted by atomic mass is 16.5. The van der Waals surface area contributed by atoms with E-state index < -0.39 is 0 Å². The summed E-state index contributed by atoms with van der Waals surface area (Å²) in [5.41, 5.74) is 0. The van der Waals surface area contributed by atoms with Crippen molar-refractivity contribution < 1.29 is 14.6 Å². The molecule has 16 heavy (non-hydrogen) atoms. The predicted octanol–water partition coefficient (Wildman–Crippen LogP) is 3.18. The van der Waals surface area contributed by atoms with E-state index >= 15 is 0 Å². The minimum absolute atomic E-state index is 0.182. The van der Waals surface area contributed by atoms with Gasteiger partial charge in [0, 0.05) is 13.0 Å². The van der Waals surface area contributed by atoms with Gasteiger partial charge in [-0.05, 0) is 12.8 Å². The molecular weight excluding hydrogens is 204 g/mol. The zero-order valence-electron chi connectivity index (χ0n) is 10.1. The van der Waals surface area contributed by atoms with Crippen molar-refractivity contribution in [2.45, 2.75) is 57.8 Å². The van der Waals surface area contributed by atoms with Gasteiger partial charge in [-0.3, -0.25) is 4.79 Å². The van der Waals surface area contributed by atoms with E-state index in [9.17, 15) is 4.79 Å². The molecule has 0 fully saturated rings. The molecule has 3 nitrogen and oxygen atoms in total. The van der Waals surface area contributed by atoms with Crippen LogP contribution in [0.5, 0.6) is 0 Å². The van der Waals surface area contributed by atoms with Crippen LogP contribution in [-0.4, -0.2) is 17.7 Å². The van der Waals surface area contributed by atoms with E-state index in [4.69, 9.17) is 5.11 Å². The molecule has 0 rings (SSSR count). The summed E-state index contributed by atoms with van der Waals surface area (Å²) >= 11 is 0. The van der Waals surface area contributed by atoms with Crippen molar-refractivity contribution >= 4 is 5.97 Å². The third kappa shape index (κ3) is 11.2. The summed E-state index contributed by atoms with van der Waals surface area (Å²) < 4.78 is 4.62. The van der Waals surface area contributed by atoms with Gasteiger partial charge in [0.25, 0.3) is 0 Å². The topological polar surface area (TPSA) is 46.5 Å². The molecule has 1 N–H and O–H groups in total. The Morgan fingerprint density at radius 3 is 2.00 bits per heavy atom. The van der Waals surface area contributed by atoms with Crippen LogP contribution in [0.25, 0.3) is 0 Å². The minimum Gasteiger partial charge on any atom is -0.435 e. The molecule has 0 aromatic carbocycles. The van der Waals surface area contributed by atoms with Crippen LogP contribution in [0.3, 0.4) is 0 Å². The lowest BCUT2D eigenvalue weighted by atomic mass is 10.1. The Morgan fingerprint density at radius 2 is 1.50 bits per heavy atom. The lowest BCUT2D eigenvalue weighted by molar-refractivity contribution is -0.138. The van der Waals surface area contributed by atoms with E-state index in [0.717, 1.165) is 25.7 Å². The van der Waals surface area contributed by atoms with Gasteiger partial charge in [-0.25, -0.2) is 0 Å². The highest BCUT2D eigenvalue weighted by Crippen LogP contribution is 2.09. The van der Waals surface area contributed by atoms with Crippen molar-refractivity contribution in [1.29, 1.82) is 0 Å². The number of aliphatic hydroxyl groups is 1. The van der Waals surface area contributed by atoms with Crippen molar-refractivity contribution in [3.63, 3.8) is 0 Å². The number of hydrogen-bond acceptors (Lipinski definition) is 3. The Labute approximate surface area is 98.5 Å². The van der Waals surface area contributed by atoms with E-state index in [2.05, 4.69) is 11.3 Å². The molecule has 94 valence electrons. The number of ether oxygens (including phenoxy) is 1. The molecule has 0 heterocycles. The molecule has 0 aliphatic carbocycles. The van der Waals surface area contributed by atoms with Crippen molar-refractivity contribution in [3.05, 3.63) is 12.8 Å². The second-order valence-electron chi connectivity index (χ2n) is 3.96. The van der Waals surface area contributed by atoms with Crippen LogP contribution < -0.4 is 0 Å². The summed E-state index contributed by atoms with van der Waals surface area (Å²) in [5, 5.41) is 8.58. The first kappa shape index (κ1) is 15.2. The number of hydrogen-bond donors (Lipinski definition) is 1. The molecule has 0 aliphatic rings. The Bertz CT molecular complexity index is 178. The largest absolute Gasteiger partial charge is 0.435 e. The lowest BCUT2D eigenvalue weighted by Crippen LogP contribution is -1.98. The van der Waals surface area contributed by atoms with Crippen LogP contribution >= 0.6 is 0 Å². The van der Waals surface area contributed by atoms with Gasteiger partial charge in [-0.2, -0.15) is 0 Å². The van der Waals surface area contributed by atoms with Gasteiger partial charge < -0.3 is 9.84 Å². The SMILES string of the molecule is C=COC(=O)CCCCCCCCCCO. The molecule has 0 aromatic heterocycles. The minimum atomic E-state index is -0.182. The Morgan fingerprint density at radius 1 is 1.00 bits per heavy atom. The van der Waals surface area contributed by atoms with E-state index in [0.29, 0.717) is 13.0 Å². The van der Waals surface area contributed by atoms with Gasteiger partial charge in [0.1, 0.15) is 0 Å². The monoisotopic (exact) mass is 228 g/mol. The number of unbranched alkanes of at least 4 members (excludes halogenated alkanes) is 7. The smallest absolute Gasteiger partial charge is 0.310 e. The van der Waals surface area contributed by atoms with Crippen molar-refractivity contribution in [2.24, 2.45) is 0 Å². The normalized spacial score (nSPS) is 10.1. The van der Waals surface area contributed by atoms with E-state index in [1.807, 2.05) is 0 Å². The summed E-state index contributed by atoms with van der Waals surface area (Å²) in [4.78, 5) is 10.9. The second-order valence-corrected chi connectivity index (χ2v) is 3.96. The Hall–Kier alpha value is -0.830. The Kier molecular flexibility index (Phi) is 11.6. The van der Waals surface area contributed by atoms with E-state index in [1.54, 1.807) is 0 Å². The summed E-state index contributed by atoms with van der Waals surface area (Å²) in [6, 6.07) is 0. The van der Waals surface area contributed by atoms with Gasteiger partial charge in [0.2, 0.25) is 0 Å². The van der Waals surface area contributed by atoms with Gasteiger partial charge in [-0.1, -0.05) is 45.1 Å². The molecule has 0 bridgehead atoms. The van der Waals surface area contributed by atoms with E-state index in [-0.39, 0.29) is 5.97 Å². The molecule has 0 unspecified atom stereocenters. The third-order valence-electron chi connectivity index (χ3n) is 2.50. The standard InChI is InChI=1S/C13H24O3/c1-2-16-13(15)11-9-7-5-3-4-6-8-10-12-14/h2,14H,1,3-12H2. The first-order chi connectivity index (χ1) is 7.81. The summed E-state index contributed by atoms with van der Waals surface area (Å²) in [7, 11) is 0. The first-order valence-electron chi connectivity index (χ1n) is 6.22. The Balaban J connectivity index is 3.03. The van der Waals surface area contributed by atoms with Crippen molar-refractivity contribution in [3.8, 4) is 0 Å². The van der Waals surface area contributed by atoms with Gasteiger partial charge in [-0.15, -0.1) is 0 Å². The molecule has 0 radical (unpaired) electrons. The lowest BCUT2D eigenvalue weighted by Gasteiger charge is -2.01. The maximum absolute atomic E-state index is 10.9. The molecule has 0 saturated heterocycles. The summed E-state index contributed by atoms with van der Waals surface area (Å²) in [5.74, 6) is -0.182. The van der Waals surface area contributed by atoms with Crippen LogP contribution in [0.1, 0.15) is 57.8 Å². The third-order valence-corrected chi connectivity index (χ3v) is 2.50. The maximum Gasteiger partial charge on any atom is 0.310 e.